The second-order valence-electron chi connectivity index (χ2n) is 3.88. The summed E-state index contributed by atoms with van der Waals surface area (Å²) in [6.45, 7) is 1.86. The Morgan fingerprint density at radius 2 is 2.05 bits per heavy atom. The lowest BCUT2D eigenvalue weighted by molar-refractivity contribution is 0.103. The molecule has 0 bridgehead atoms. The minimum atomic E-state index is -0.180. The molecule has 0 saturated carbocycles. The largest absolute Gasteiger partial charge is 0.398 e. The first kappa shape index (κ1) is 14.8. The number of halogens is 3. The lowest BCUT2D eigenvalue weighted by Crippen LogP contribution is -2.11. The van der Waals surface area contributed by atoms with Crippen molar-refractivity contribution in [3.8, 4) is 0 Å². The summed E-state index contributed by atoms with van der Waals surface area (Å²) in [5.74, 6) is -0.180. The van der Waals surface area contributed by atoms with Gasteiger partial charge < -0.3 is 11.1 Å². The summed E-state index contributed by atoms with van der Waals surface area (Å²) in [5.41, 5.74) is 7.72. The number of hydrogen-bond donors (Lipinski definition) is 2. The molecule has 0 aliphatic carbocycles. The van der Waals surface area contributed by atoms with Crippen molar-refractivity contribution in [2.75, 3.05) is 11.1 Å². The molecule has 0 aliphatic rings. The number of anilines is 2. The molecule has 19 heavy (non-hydrogen) atoms. The van der Waals surface area contributed by atoms with Crippen molar-refractivity contribution in [2.24, 2.45) is 0 Å². The third kappa shape index (κ3) is 3.31. The van der Waals surface area contributed by atoms with Gasteiger partial charge >= 0.3 is 0 Å². The van der Waals surface area contributed by atoms with E-state index in [-0.39, 0.29) is 5.91 Å². The van der Waals surface area contributed by atoms with Gasteiger partial charge in [-0.3, -0.25) is 4.79 Å². The zero-order chi connectivity index (χ0) is 14.2. The normalized spacial score (nSPS) is 10.5. The van der Waals surface area contributed by atoms with Gasteiger partial charge in [-0.2, -0.15) is 0 Å². The Bertz CT molecular complexity index is 638. The van der Waals surface area contributed by atoms with Gasteiger partial charge in [-0.1, -0.05) is 11.6 Å². The van der Waals surface area contributed by atoms with Crippen molar-refractivity contribution in [3.63, 3.8) is 0 Å². The highest BCUT2D eigenvalue weighted by atomic mass is 79.9. The zero-order valence-electron chi connectivity index (χ0n) is 9.76. The Kier molecular flexibility index (Phi) is 4.55. The fourth-order valence-electron chi connectivity index (χ4n) is 1.48. The number of nitrogens with two attached hydrogens (primary N) is 1. The van der Waals surface area contributed by atoms with E-state index in [1.165, 1.54) is 11.3 Å². The van der Waals surface area contributed by atoms with Crippen LogP contribution in [0.3, 0.4) is 0 Å². The van der Waals surface area contributed by atoms with E-state index in [4.69, 9.17) is 17.3 Å². The van der Waals surface area contributed by atoms with Crippen LogP contribution in [0.1, 0.15) is 15.2 Å². The molecule has 0 fully saturated rings. The van der Waals surface area contributed by atoms with Crippen molar-refractivity contribution in [2.45, 2.75) is 6.92 Å². The van der Waals surface area contributed by atoms with Crippen LogP contribution in [-0.2, 0) is 0 Å². The summed E-state index contributed by atoms with van der Waals surface area (Å²) >= 11 is 14.0. The number of benzene rings is 1. The summed E-state index contributed by atoms with van der Waals surface area (Å²) in [6.07, 6.45) is 0. The number of carbonyl (C=O) groups excluding carboxylic acids is 1. The predicted octanol–water partition coefficient (Wildman–Crippen LogP) is 5.07. The highest BCUT2D eigenvalue weighted by Gasteiger charge is 2.14. The van der Waals surface area contributed by atoms with Crippen LogP contribution >= 0.6 is 54.8 Å². The van der Waals surface area contributed by atoms with Gasteiger partial charge in [0.2, 0.25) is 0 Å². The first-order chi connectivity index (χ1) is 8.88. The van der Waals surface area contributed by atoms with E-state index < -0.39 is 0 Å². The lowest BCUT2D eigenvalue weighted by Gasteiger charge is -2.09. The number of thiophene rings is 1. The summed E-state index contributed by atoms with van der Waals surface area (Å²) in [7, 11) is 0. The number of nitrogen functional groups attached to an aromatic ring is 1. The molecule has 0 radical (unpaired) electrons. The summed E-state index contributed by atoms with van der Waals surface area (Å²) in [6, 6.07) is 5.15. The molecule has 7 heteroatoms. The first-order valence-electron chi connectivity index (χ1n) is 5.20. The van der Waals surface area contributed by atoms with E-state index in [2.05, 4.69) is 37.2 Å². The smallest absolute Gasteiger partial charge is 0.265 e. The molecule has 2 rings (SSSR count). The van der Waals surface area contributed by atoms with E-state index in [0.717, 1.165) is 13.8 Å². The molecule has 0 saturated heterocycles. The Balaban J connectivity index is 2.26. The molecule has 1 heterocycles. The van der Waals surface area contributed by atoms with Crippen molar-refractivity contribution < 1.29 is 4.79 Å². The number of rotatable bonds is 2. The molecule has 0 aliphatic heterocycles. The van der Waals surface area contributed by atoms with Crippen molar-refractivity contribution in [1.29, 1.82) is 0 Å². The fourth-order valence-corrected chi connectivity index (χ4v) is 3.58. The summed E-state index contributed by atoms with van der Waals surface area (Å²) in [5, 5.41) is 3.25. The van der Waals surface area contributed by atoms with Crippen molar-refractivity contribution in [3.05, 3.63) is 41.9 Å². The maximum Gasteiger partial charge on any atom is 0.265 e. The van der Waals surface area contributed by atoms with Gasteiger partial charge in [0, 0.05) is 10.2 Å². The van der Waals surface area contributed by atoms with E-state index in [0.29, 0.717) is 21.3 Å². The quantitative estimate of drug-likeness (QED) is 0.662. The lowest BCUT2D eigenvalue weighted by atomic mass is 10.2. The Morgan fingerprint density at radius 3 is 2.63 bits per heavy atom. The molecule has 3 nitrogen and oxygen atoms in total. The second-order valence-corrected chi connectivity index (χ2v) is 7.51. The van der Waals surface area contributed by atoms with E-state index in [9.17, 15) is 4.79 Å². The first-order valence-corrected chi connectivity index (χ1v) is 7.98. The number of nitrogens with one attached hydrogen (secondary N) is 1. The standard InChI is InChI=1S/C12H9Br2ClN2OS/c1-5-2-8(16)7(15)4-9(5)17-12(18)10-3-6(13)11(14)19-10/h2-4H,16H2,1H3,(H,17,18). The Hall–Kier alpha value is -0.560. The molecule has 1 aromatic carbocycles. The molecular weight excluding hydrogens is 415 g/mol. The minimum Gasteiger partial charge on any atom is -0.398 e. The van der Waals surface area contributed by atoms with Crippen LogP contribution in [0.15, 0.2) is 26.5 Å². The predicted molar refractivity (Wildman–Crippen MR) is 88.3 cm³/mol. The third-order valence-corrected chi connectivity index (χ3v) is 6.04. The summed E-state index contributed by atoms with van der Waals surface area (Å²) in [4.78, 5) is 12.7. The SMILES string of the molecule is Cc1cc(N)c(Cl)cc1NC(=O)c1cc(Br)c(Br)s1. The molecule has 1 amide bonds. The number of carbonyl (C=O) groups is 1. The van der Waals surface area contributed by atoms with Crippen LogP contribution < -0.4 is 11.1 Å². The van der Waals surface area contributed by atoms with Crippen LogP contribution in [0.2, 0.25) is 5.02 Å². The van der Waals surface area contributed by atoms with Gasteiger partial charge in [-0.15, -0.1) is 11.3 Å². The molecule has 100 valence electrons. The molecular formula is C12H9Br2ClN2OS. The average Bonchev–Trinajstić information content (AvgIpc) is 2.67. The van der Waals surface area contributed by atoms with Gasteiger partial charge in [0.15, 0.2) is 0 Å². The van der Waals surface area contributed by atoms with Gasteiger partial charge in [0.25, 0.3) is 5.91 Å². The topological polar surface area (TPSA) is 55.1 Å². The van der Waals surface area contributed by atoms with Crippen LogP contribution in [0.4, 0.5) is 11.4 Å². The monoisotopic (exact) mass is 422 g/mol. The Morgan fingerprint density at radius 1 is 1.37 bits per heavy atom. The second kappa shape index (κ2) is 5.83. The maximum absolute atomic E-state index is 12.1. The van der Waals surface area contributed by atoms with Crippen LogP contribution in [0.5, 0.6) is 0 Å². The van der Waals surface area contributed by atoms with Crippen LogP contribution in [0, 0.1) is 6.92 Å². The van der Waals surface area contributed by atoms with Gasteiger partial charge in [0.05, 0.1) is 19.4 Å². The van der Waals surface area contributed by atoms with Crippen LogP contribution in [-0.4, -0.2) is 5.91 Å². The average molecular weight is 425 g/mol. The third-order valence-electron chi connectivity index (χ3n) is 2.46. The molecule has 3 N–H and O–H groups in total. The highest BCUT2D eigenvalue weighted by Crippen LogP contribution is 2.33. The zero-order valence-corrected chi connectivity index (χ0v) is 14.5. The van der Waals surface area contributed by atoms with Gasteiger partial charge in [0.1, 0.15) is 0 Å². The van der Waals surface area contributed by atoms with E-state index in [1.54, 1.807) is 18.2 Å². The molecule has 1 aromatic heterocycles. The van der Waals surface area contributed by atoms with Crippen molar-refractivity contribution >= 4 is 72.1 Å². The Labute approximate surface area is 136 Å². The molecule has 0 spiro atoms. The highest BCUT2D eigenvalue weighted by molar-refractivity contribution is 9.13. The summed E-state index contributed by atoms with van der Waals surface area (Å²) < 4.78 is 1.74. The van der Waals surface area contributed by atoms with E-state index in [1.807, 2.05) is 6.92 Å². The number of hydrogen-bond acceptors (Lipinski definition) is 3. The number of aryl methyl sites for hydroxylation is 1. The van der Waals surface area contributed by atoms with E-state index >= 15 is 0 Å². The molecule has 0 unspecified atom stereocenters. The minimum absolute atomic E-state index is 0.180. The molecule has 0 atom stereocenters. The van der Waals surface area contributed by atoms with Crippen molar-refractivity contribution in [1.82, 2.24) is 0 Å². The van der Waals surface area contributed by atoms with Gasteiger partial charge in [-0.25, -0.2) is 0 Å². The van der Waals surface area contributed by atoms with Crippen LogP contribution in [0.25, 0.3) is 0 Å². The fraction of sp³-hybridized carbons (Fsp3) is 0.0833. The number of amides is 1. The van der Waals surface area contributed by atoms with Gasteiger partial charge in [-0.05, 0) is 62.5 Å². The molecule has 2 aromatic rings. The maximum atomic E-state index is 12.1.